The molecule has 0 atom stereocenters. The van der Waals surface area contributed by atoms with Gasteiger partial charge >= 0.3 is 0 Å². The van der Waals surface area contributed by atoms with Crippen molar-refractivity contribution >= 4 is 41.3 Å². The predicted molar refractivity (Wildman–Crippen MR) is 84.4 cm³/mol. The molecule has 0 spiro atoms. The third kappa shape index (κ3) is 7.56. The Hall–Kier alpha value is -0.340. The van der Waals surface area contributed by atoms with Crippen LogP contribution in [0.25, 0.3) is 0 Å². The number of methoxy groups -OCH3 is 1. The van der Waals surface area contributed by atoms with Crippen LogP contribution < -0.4 is 10.6 Å². The zero-order valence-electron chi connectivity index (χ0n) is 10.2. The van der Waals surface area contributed by atoms with Gasteiger partial charge in [0.15, 0.2) is 5.96 Å². The van der Waals surface area contributed by atoms with Crippen molar-refractivity contribution in [2.75, 3.05) is 26.8 Å². The number of ether oxygens (including phenoxy) is 1. The minimum Gasteiger partial charge on any atom is -0.383 e. The monoisotopic (exact) mass is 369 g/mol. The first kappa shape index (κ1) is 16.7. The smallest absolute Gasteiger partial charge is 0.191 e. The zero-order valence-corrected chi connectivity index (χ0v) is 13.4. The van der Waals surface area contributed by atoms with Crippen molar-refractivity contribution in [2.45, 2.75) is 13.5 Å². The molecule has 0 aliphatic rings. The lowest BCUT2D eigenvalue weighted by atomic mass is 10.3. The first-order chi connectivity index (χ1) is 7.86. The maximum absolute atomic E-state index is 4.98. The Kier molecular flexibility index (Phi) is 10.6. The van der Waals surface area contributed by atoms with E-state index in [1.54, 1.807) is 18.4 Å². The molecule has 0 saturated heterocycles. The molecule has 2 N–H and O–H groups in total. The van der Waals surface area contributed by atoms with E-state index in [0.29, 0.717) is 13.2 Å². The van der Waals surface area contributed by atoms with Crippen LogP contribution in [0.2, 0.25) is 0 Å². The van der Waals surface area contributed by atoms with Gasteiger partial charge in [0.1, 0.15) is 0 Å². The van der Waals surface area contributed by atoms with Crippen LogP contribution in [-0.4, -0.2) is 32.8 Å². The highest BCUT2D eigenvalue weighted by Crippen LogP contribution is 2.06. The van der Waals surface area contributed by atoms with E-state index in [-0.39, 0.29) is 24.0 Å². The van der Waals surface area contributed by atoms with Crippen molar-refractivity contribution in [1.82, 2.24) is 10.6 Å². The number of aliphatic imine (C=N–C) groups is 1. The molecule has 0 fully saturated rings. The highest BCUT2D eigenvalue weighted by atomic mass is 127. The zero-order chi connectivity index (χ0) is 11.6. The number of hydrogen-bond acceptors (Lipinski definition) is 3. The highest BCUT2D eigenvalue weighted by Gasteiger charge is 1.96. The van der Waals surface area contributed by atoms with Gasteiger partial charge in [0.25, 0.3) is 0 Å². The lowest BCUT2D eigenvalue weighted by Gasteiger charge is -2.10. The lowest BCUT2D eigenvalue weighted by Crippen LogP contribution is -2.38. The Morgan fingerprint density at radius 2 is 2.29 bits per heavy atom. The number of hydrogen-bond donors (Lipinski definition) is 2. The molecular weight excluding hydrogens is 349 g/mol. The summed E-state index contributed by atoms with van der Waals surface area (Å²) in [7, 11) is 1.69. The van der Waals surface area contributed by atoms with E-state index < -0.39 is 0 Å². The van der Waals surface area contributed by atoms with Crippen molar-refractivity contribution in [1.29, 1.82) is 0 Å². The normalized spacial score (nSPS) is 10.8. The SMILES string of the molecule is CCNC(=NCc1ccsc1)NCCOC.I. The molecule has 0 saturated carbocycles. The molecule has 1 aromatic heterocycles. The average molecular weight is 369 g/mol. The molecule has 0 unspecified atom stereocenters. The fourth-order valence-electron chi connectivity index (χ4n) is 1.17. The minimum atomic E-state index is 0. The first-order valence-corrected chi connectivity index (χ1v) is 6.33. The van der Waals surface area contributed by atoms with E-state index in [2.05, 4.69) is 39.4 Å². The summed E-state index contributed by atoms with van der Waals surface area (Å²) in [5.41, 5.74) is 1.24. The van der Waals surface area contributed by atoms with Crippen molar-refractivity contribution in [3.8, 4) is 0 Å². The molecule has 1 aromatic rings. The van der Waals surface area contributed by atoms with Crippen LogP contribution in [0.1, 0.15) is 12.5 Å². The van der Waals surface area contributed by atoms with Crippen molar-refractivity contribution in [2.24, 2.45) is 4.99 Å². The Bertz CT molecular complexity index is 304. The van der Waals surface area contributed by atoms with Gasteiger partial charge in [0, 0.05) is 20.2 Å². The van der Waals surface area contributed by atoms with Crippen LogP contribution in [0.5, 0.6) is 0 Å². The van der Waals surface area contributed by atoms with Gasteiger partial charge in [-0.1, -0.05) is 0 Å². The van der Waals surface area contributed by atoms with Gasteiger partial charge in [-0.3, -0.25) is 0 Å². The second-order valence-corrected chi connectivity index (χ2v) is 4.03. The third-order valence-corrected chi connectivity index (χ3v) is 2.67. The third-order valence-electron chi connectivity index (χ3n) is 1.94. The van der Waals surface area contributed by atoms with E-state index in [1.165, 1.54) is 5.56 Å². The second kappa shape index (κ2) is 10.8. The lowest BCUT2D eigenvalue weighted by molar-refractivity contribution is 0.203. The molecule has 6 heteroatoms. The summed E-state index contributed by atoms with van der Waals surface area (Å²) >= 11 is 1.70. The fourth-order valence-corrected chi connectivity index (χ4v) is 1.83. The largest absolute Gasteiger partial charge is 0.383 e. The summed E-state index contributed by atoms with van der Waals surface area (Å²) < 4.78 is 4.98. The summed E-state index contributed by atoms with van der Waals surface area (Å²) in [6, 6.07) is 2.09. The number of guanidine groups is 1. The Morgan fingerprint density at radius 1 is 1.47 bits per heavy atom. The number of thiophene rings is 1. The minimum absolute atomic E-state index is 0. The molecule has 0 amide bonds. The van der Waals surface area contributed by atoms with Crippen molar-refractivity contribution in [3.05, 3.63) is 22.4 Å². The standard InChI is InChI=1S/C11H19N3OS.HI/c1-3-12-11(13-5-6-15-2)14-8-10-4-7-16-9-10;/h4,7,9H,3,5-6,8H2,1-2H3,(H2,12,13,14);1H. The van der Waals surface area contributed by atoms with E-state index in [0.717, 1.165) is 19.0 Å². The summed E-state index contributed by atoms with van der Waals surface area (Å²) in [5.74, 6) is 0.839. The maximum atomic E-state index is 4.98. The van der Waals surface area contributed by atoms with Crippen LogP contribution in [0.4, 0.5) is 0 Å². The second-order valence-electron chi connectivity index (χ2n) is 3.25. The molecule has 0 bridgehead atoms. The Balaban J connectivity index is 0.00000256. The molecule has 0 aliphatic carbocycles. The summed E-state index contributed by atoms with van der Waals surface area (Å²) in [5, 5.41) is 10.6. The predicted octanol–water partition coefficient (Wildman–Crippen LogP) is 2.07. The molecule has 17 heavy (non-hydrogen) atoms. The van der Waals surface area contributed by atoms with Gasteiger partial charge in [0.2, 0.25) is 0 Å². The summed E-state index contributed by atoms with van der Waals surface area (Å²) in [4.78, 5) is 4.47. The van der Waals surface area contributed by atoms with Gasteiger partial charge in [-0.2, -0.15) is 11.3 Å². The Labute approximate surface area is 124 Å². The van der Waals surface area contributed by atoms with Crippen LogP contribution >= 0.6 is 35.3 Å². The Morgan fingerprint density at radius 3 is 2.88 bits per heavy atom. The van der Waals surface area contributed by atoms with Gasteiger partial charge in [0.05, 0.1) is 13.2 Å². The molecule has 1 heterocycles. The van der Waals surface area contributed by atoms with Crippen LogP contribution in [0.15, 0.2) is 21.8 Å². The van der Waals surface area contributed by atoms with Gasteiger partial charge in [-0.25, -0.2) is 4.99 Å². The van der Waals surface area contributed by atoms with Gasteiger partial charge < -0.3 is 15.4 Å². The average Bonchev–Trinajstić information content (AvgIpc) is 2.79. The molecular formula is C11H20IN3OS. The maximum Gasteiger partial charge on any atom is 0.191 e. The van der Waals surface area contributed by atoms with Crippen LogP contribution in [0.3, 0.4) is 0 Å². The van der Waals surface area contributed by atoms with Gasteiger partial charge in [-0.15, -0.1) is 24.0 Å². The molecule has 98 valence electrons. The molecule has 4 nitrogen and oxygen atoms in total. The summed E-state index contributed by atoms with van der Waals surface area (Å²) in [6.45, 7) is 5.08. The van der Waals surface area contributed by atoms with E-state index in [4.69, 9.17) is 4.74 Å². The molecule has 0 aromatic carbocycles. The van der Waals surface area contributed by atoms with E-state index >= 15 is 0 Å². The van der Waals surface area contributed by atoms with Crippen LogP contribution in [-0.2, 0) is 11.3 Å². The first-order valence-electron chi connectivity index (χ1n) is 5.39. The van der Waals surface area contributed by atoms with E-state index in [1.807, 2.05) is 0 Å². The fraction of sp³-hybridized carbons (Fsp3) is 0.545. The molecule has 0 radical (unpaired) electrons. The number of nitrogens with zero attached hydrogens (tertiary/aromatic N) is 1. The topological polar surface area (TPSA) is 45.7 Å². The highest BCUT2D eigenvalue weighted by molar-refractivity contribution is 14.0. The quantitative estimate of drug-likeness (QED) is 0.349. The molecule has 0 aliphatic heterocycles. The number of halogens is 1. The number of nitrogens with one attached hydrogen (secondary N) is 2. The van der Waals surface area contributed by atoms with Crippen molar-refractivity contribution in [3.63, 3.8) is 0 Å². The molecule has 1 rings (SSSR count). The van der Waals surface area contributed by atoms with E-state index in [9.17, 15) is 0 Å². The number of rotatable bonds is 6. The van der Waals surface area contributed by atoms with Crippen molar-refractivity contribution < 1.29 is 4.74 Å². The summed E-state index contributed by atoms with van der Waals surface area (Å²) in [6.07, 6.45) is 0. The van der Waals surface area contributed by atoms with Crippen LogP contribution in [0, 0.1) is 0 Å². The van der Waals surface area contributed by atoms with Gasteiger partial charge in [-0.05, 0) is 29.3 Å².